The molecule has 0 saturated carbocycles. The number of fused-ring (bicyclic) bond motifs is 1. The Morgan fingerprint density at radius 1 is 1.53 bits per heavy atom. The smallest absolute Gasteiger partial charge is 0.307 e. The zero-order chi connectivity index (χ0) is 13.6. The highest BCUT2D eigenvalue weighted by Gasteiger charge is 2.30. The average molecular weight is 323 g/mol. The minimum atomic E-state index is -0.711. The van der Waals surface area contributed by atoms with Gasteiger partial charge in [0.15, 0.2) is 0 Å². The van der Waals surface area contributed by atoms with Crippen LogP contribution in [0, 0.1) is 5.92 Å². The molecular weight excluding hydrogens is 308 g/mol. The normalized spacial score (nSPS) is 23.1. The molecule has 3 rings (SSSR count). The van der Waals surface area contributed by atoms with Gasteiger partial charge in [-0.15, -0.1) is 0 Å². The van der Waals surface area contributed by atoms with Gasteiger partial charge in [-0.1, -0.05) is 6.07 Å². The Morgan fingerprint density at radius 3 is 3.00 bits per heavy atom. The van der Waals surface area contributed by atoms with Crippen LogP contribution in [0.5, 0.6) is 0 Å². The van der Waals surface area contributed by atoms with E-state index in [0.29, 0.717) is 13.0 Å². The molecule has 1 aromatic carbocycles. The van der Waals surface area contributed by atoms with Crippen LogP contribution in [0.3, 0.4) is 0 Å². The van der Waals surface area contributed by atoms with Crippen LogP contribution in [0.4, 0.5) is 0 Å². The minimum Gasteiger partial charge on any atom is -0.481 e. The van der Waals surface area contributed by atoms with Crippen molar-refractivity contribution in [1.82, 2.24) is 9.88 Å². The molecule has 0 bridgehead atoms. The fourth-order valence-corrected chi connectivity index (χ4v) is 3.38. The molecule has 19 heavy (non-hydrogen) atoms. The van der Waals surface area contributed by atoms with E-state index >= 15 is 0 Å². The van der Waals surface area contributed by atoms with Crippen LogP contribution in [0.15, 0.2) is 28.9 Å². The van der Waals surface area contributed by atoms with E-state index < -0.39 is 5.97 Å². The summed E-state index contributed by atoms with van der Waals surface area (Å²) in [6, 6.07) is 6.45. The third kappa shape index (κ3) is 2.17. The molecule has 2 unspecified atom stereocenters. The molecule has 1 saturated heterocycles. The van der Waals surface area contributed by atoms with Crippen LogP contribution in [0.2, 0.25) is 0 Å². The maximum absolute atomic E-state index is 11.0. The zero-order valence-corrected chi connectivity index (χ0v) is 12.1. The predicted molar refractivity (Wildman–Crippen MR) is 77.1 cm³/mol. The Hall–Kier alpha value is -1.33. The number of aryl methyl sites for hydroxylation is 1. The summed E-state index contributed by atoms with van der Waals surface area (Å²) in [7, 11) is 2.01. The molecule has 0 radical (unpaired) electrons. The van der Waals surface area contributed by atoms with Crippen molar-refractivity contribution in [2.75, 3.05) is 6.54 Å². The molecule has 0 amide bonds. The summed E-state index contributed by atoms with van der Waals surface area (Å²) in [5.41, 5.74) is 2.33. The number of benzene rings is 1. The van der Waals surface area contributed by atoms with Gasteiger partial charge in [-0.3, -0.25) is 4.79 Å². The summed E-state index contributed by atoms with van der Waals surface area (Å²) in [5.74, 6) is -0.989. The molecule has 0 aliphatic carbocycles. The molecule has 1 aromatic heterocycles. The molecule has 2 atom stereocenters. The summed E-state index contributed by atoms with van der Waals surface area (Å²) in [5, 5.41) is 13.5. The van der Waals surface area contributed by atoms with E-state index in [-0.39, 0.29) is 12.0 Å². The van der Waals surface area contributed by atoms with E-state index in [9.17, 15) is 4.79 Å². The second kappa shape index (κ2) is 4.65. The summed E-state index contributed by atoms with van der Waals surface area (Å²) >= 11 is 3.56. The van der Waals surface area contributed by atoms with E-state index in [4.69, 9.17) is 5.11 Å². The van der Waals surface area contributed by atoms with Crippen LogP contribution in [0.1, 0.15) is 18.0 Å². The molecular formula is C14H15BrN2O2. The lowest BCUT2D eigenvalue weighted by molar-refractivity contribution is -0.141. The Balaban J connectivity index is 1.94. The number of hydrogen-bond acceptors (Lipinski definition) is 2. The molecule has 1 fully saturated rings. The molecule has 0 spiro atoms. The molecule has 100 valence electrons. The number of aromatic nitrogens is 1. The average Bonchev–Trinajstić information content (AvgIpc) is 2.96. The topological polar surface area (TPSA) is 54.3 Å². The standard InChI is InChI=1S/C14H15BrN2O2/c1-17-7-11(15)10-4-8(2-3-13(10)17)12-5-9(6-16-12)14(18)19/h2-4,7,9,12,16H,5-6H2,1H3,(H,18,19). The molecule has 2 heterocycles. The van der Waals surface area contributed by atoms with Gasteiger partial charge in [0.2, 0.25) is 0 Å². The molecule has 4 nitrogen and oxygen atoms in total. The number of nitrogens with one attached hydrogen (secondary N) is 1. The van der Waals surface area contributed by atoms with Gasteiger partial charge in [0.05, 0.1) is 5.92 Å². The third-order valence-corrected chi connectivity index (χ3v) is 4.48. The first kappa shape index (κ1) is 12.7. The zero-order valence-electron chi connectivity index (χ0n) is 10.6. The summed E-state index contributed by atoms with van der Waals surface area (Å²) in [6.45, 7) is 0.550. The Kier molecular flexibility index (Phi) is 3.11. The fourth-order valence-electron chi connectivity index (χ4n) is 2.76. The highest BCUT2D eigenvalue weighted by molar-refractivity contribution is 9.10. The highest BCUT2D eigenvalue weighted by Crippen LogP contribution is 2.32. The number of halogens is 1. The SMILES string of the molecule is Cn1cc(Br)c2cc(C3CC(C(=O)O)CN3)ccc21. The minimum absolute atomic E-state index is 0.137. The van der Waals surface area contributed by atoms with Gasteiger partial charge in [-0.05, 0) is 40.0 Å². The second-order valence-electron chi connectivity index (χ2n) is 5.10. The molecule has 2 aromatic rings. The second-order valence-corrected chi connectivity index (χ2v) is 5.95. The van der Waals surface area contributed by atoms with Crippen LogP contribution in [-0.4, -0.2) is 22.2 Å². The van der Waals surface area contributed by atoms with Crippen molar-refractivity contribution in [3.8, 4) is 0 Å². The van der Waals surface area contributed by atoms with Crippen molar-refractivity contribution in [2.24, 2.45) is 13.0 Å². The summed E-state index contributed by atoms with van der Waals surface area (Å²) in [4.78, 5) is 11.0. The monoisotopic (exact) mass is 322 g/mol. The molecule has 5 heteroatoms. The predicted octanol–water partition coefficient (Wildman–Crippen LogP) is 2.68. The van der Waals surface area contributed by atoms with Gasteiger partial charge in [-0.2, -0.15) is 0 Å². The third-order valence-electron chi connectivity index (χ3n) is 3.85. The van der Waals surface area contributed by atoms with Gasteiger partial charge in [0, 0.05) is 41.2 Å². The maximum atomic E-state index is 11.0. The van der Waals surface area contributed by atoms with Crippen molar-refractivity contribution >= 4 is 32.8 Å². The van der Waals surface area contributed by atoms with E-state index in [0.717, 1.165) is 10.0 Å². The first-order chi connectivity index (χ1) is 9.06. The lowest BCUT2D eigenvalue weighted by Gasteiger charge is -2.11. The molecule has 2 N–H and O–H groups in total. The van der Waals surface area contributed by atoms with Crippen molar-refractivity contribution < 1.29 is 9.90 Å². The Bertz CT molecular complexity index is 650. The van der Waals surface area contributed by atoms with Gasteiger partial charge >= 0.3 is 5.97 Å². The van der Waals surface area contributed by atoms with Gasteiger partial charge < -0.3 is 15.0 Å². The summed E-state index contributed by atoms with van der Waals surface area (Å²) in [6.07, 6.45) is 2.70. The summed E-state index contributed by atoms with van der Waals surface area (Å²) < 4.78 is 3.14. The van der Waals surface area contributed by atoms with Crippen molar-refractivity contribution in [1.29, 1.82) is 0 Å². The first-order valence-corrected chi connectivity index (χ1v) is 7.06. The van der Waals surface area contributed by atoms with Crippen LogP contribution in [0.25, 0.3) is 10.9 Å². The van der Waals surface area contributed by atoms with Crippen LogP contribution < -0.4 is 5.32 Å². The maximum Gasteiger partial charge on any atom is 0.307 e. The highest BCUT2D eigenvalue weighted by atomic mass is 79.9. The van der Waals surface area contributed by atoms with Crippen molar-refractivity contribution in [2.45, 2.75) is 12.5 Å². The van der Waals surface area contributed by atoms with E-state index in [1.54, 1.807) is 0 Å². The number of carboxylic acids is 1. The lowest BCUT2D eigenvalue weighted by atomic mass is 9.99. The van der Waals surface area contributed by atoms with Crippen molar-refractivity contribution in [3.05, 3.63) is 34.4 Å². The number of nitrogens with zero attached hydrogens (tertiary/aromatic N) is 1. The van der Waals surface area contributed by atoms with Crippen LogP contribution in [-0.2, 0) is 11.8 Å². The van der Waals surface area contributed by atoms with E-state index in [2.05, 4.69) is 44.0 Å². The number of aliphatic carboxylic acids is 1. The van der Waals surface area contributed by atoms with Crippen LogP contribution >= 0.6 is 15.9 Å². The Morgan fingerprint density at radius 2 is 2.32 bits per heavy atom. The number of rotatable bonds is 2. The number of carboxylic acid groups (broad SMARTS) is 1. The fraction of sp³-hybridized carbons (Fsp3) is 0.357. The lowest BCUT2D eigenvalue weighted by Crippen LogP contribution is -2.17. The first-order valence-electron chi connectivity index (χ1n) is 6.27. The largest absolute Gasteiger partial charge is 0.481 e. The van der Waals surface area contributed by atoms with Gasteiger partial charge in [0.25, 0.3) is 0 Å². The molecule has 1 aliphatic rings. The van der Waals surface area contributed by atoms with Gasteiger partial charge in [-0.25, -0.2) is 0 Å². The number of carbonyl (C=O) groups is 1. The Labute approximate surface area is 119 Å². The van der Waals surface area contributed by atoms with Crippen molar-refractivity contribution in [3.63, 3.8) is 0 Å². The molecule has 1 aliphatic heterocycles. The van der Waals surface area contributed by atoms with Gasteiger partial charge in [0.1, 0.15) is 0 Å². The number of hydrogen-bond donors (Lipinski definition) is 2. The van der Waals surface area contributed by atoms with E-state index in [1.807, 2.05) is 13.2 Å². The quantitative estimate of drug-likeness (QED) is 0.893. The van der Waals surface area contributed by atoms with E-state index in [1.165, 1.54) is 10.9 Å².